The SMILES string of the molecule is CC(C)=CCOc1ccc(/C=C2/SC(=O)NC2=O)cc1. The molecule has 2 rings (SSSR count). The van der Waals surface area contributed by atoms with E-state index in [1.807, 2.05) is 44.2 Å². The molecular formula is C15H15NO3S. The summed E-state index contributed by atoms with van der Waals surface area (Å²) in [5, 5.41) is 1.89. The Balaban J connectivity index is 2.01. The summed E-state index contributed by atoms with van der Waals surface area (Å²) in [7, 11) is 0. The van der Waals surface area contributed by atoms with Crippen molar-refractivity contribution in [3.05, 3.63) is 46.4 Å². The van der Waals surface area contributed by atoms with Crippen LogP contribution in [-0.2, 0) is 4.79 Å². The van der Waals surface area contributed by atoms with Gasteiger partial charge in [0.25, 0.3) is 11.1 Å². The van der Waals surface area contributed by atoms with Gasteiger partial charge in [0.15, 0.2) is 0 Å². The van der Waals surface area contributed by atoms with E-state index in [0.29, 0.717) is 11.5 Å². The summed E-state index contributed by atoms with van der Waals surface area (Å²) in [5.74, 6) is 0.424. The molecular weight excluding hydrogens is 274 g/mol. The highest BCUT2D eigenvalue weighted by Gasteiger charge is 2.24. The van der Waals surface area contributed by atoms with Gasteiger partial charge in [0, 0.05) is 0 Å². The van der Waals surface area contributed by atoms with Gasteiger partial charge in [-0.3, -0.25) is 14.9 Å². The molecule has 1 fully saturated rings. The van der Waals surface area contributed by atoms with Crippen LogP contribution >= 0.6 is 11.8 Å². The molecule has 0 saturated carbocycles. The Bertz CT molecular complexity index is 584. The zero-order valence-corrected chi connectivity index (χ0v) is 12.1. The zero-order chi connectivity index (χ0) is 14.5. The summed E-state index contributed by atoms with van der Waals surface area (Å²) >= 11 is 0.912. The molecule has 0 atom stereocenters. The smallest absolute Gasteiger partial charge is 0.290 e. The van der Waals surface area contributed by atoms with E-state index >= 15 is 0 Å². The Morgan fingerprint density at radius 2 is 1.95 bits per heavy atom. The number of hydrogen-bond donors (Lipinski definition) is 1. The Hall–Kier alpha value is -2.01. The second-order valence-electron chi connectivity index (χ2n) is 4.51. The lowest BCUT2D eigenvalue weighted by Crippen LogP contribution is -2.17. The molecule has 2 amide bonds. The Morgan fingerprint density at radius 1 is 1.25 bits per heavy atom. The largest absolute Gasteiger partial charge is 0.490 e. The monoisotopic (exact) mass is 289 g/mol. The third kappa shape index (κ3) is 3.99. The van der Waals surface area contributed by atoms with Gasteiger partial charge >= 0.3 is 0 Å². The lowest BCUT2D eigenvalue weighted by molar-refractivity contribution is -0.115. The van der Waals surface area contributed by atoms with E-state index in [4.69, 9.17) is 4.74 Å². The lowest BCUT2D eigenvalue weighted by Gasteiger charge is -2.04. The van der Waals surface area contributed by atoms with E-state index in [1.54, 1.807) is 6.08 Å². The Kier molecular flexibility index (Phi) is 4.63. The van der Waals surface area contributed by atoms with Gasteiger partial charge in [-0.15, -0.1) is 0 Å². The van der Waals surface area contributed by atoms with Crippen LogP contribution in [0.4, 0.5) is 4.79 Å². The molecule has 1 heterocycles. The fraction of sp³-hybridized carbons (Fsp3) is 0.200. The van der Waals surface area contributed by atoms with Crippen molar-refractivity contribution in [2.75, 3.05) is 6.61 Å². The standard InChI is InChI=1S/C15H15NO3S/c1-10(2)7-8-19-12-5-3-11(4-6-12)9-13-14(17)16-15(18)20-13/h3-7,9H,8H2,1-2H3,(H,16,17,18)/b13-9+. The number of amides is 2. The van der Waals surface area contributed by atoms with Crippen LogP contribution in [0.1, 0.15) is 19.4 Å². The minimum atomic E-state index is -0.344. The first kappa shape index (κ1) is 14.4. The van der Waals surface area contributed by atoms with E-state index in [1.165, 1.54) is 5.57 Å². The van der Waals surface area contributed by atoms with Crippen LogP contribution in [-0.4, -0.2) is 17.8 Å². The molecule has 0 aliphatic carbocycles. The van der Waals surface area contributed by atoms with E-state index < -0.39 is 0 Å². The molecule has 0 unspecified atom stereocenters. The number of allylic oxidation sites excluding steroid dienone is 1. The van der Waals surface area contributed by atoms with Crippen LogP contribution in [0.25, 0.3) is 6.08 Å². The molecule has 0 radical (unpaired) electrons. The first-order chi connectivity index (χ1) is 9.54. The lowest BCUT2D eigenvalue weighted by atomic mass is 10.2. The number of imide groups is 1. The summed E-state index contributed by atoms with van der Waals surface area (Å²) in [6, 6.07) is 7.37. The minimum absolute atomic E-state index is 0.331. The molecule has 1 aliphatic rings. The second-order valence-corrected chi connectivity index (χ2v) is 5.53. The number of carbonyl (C=O) groups excluding carboxylic acids is 2. The van der Waals surface area contributed by atoms with Gasteiger partial charge in [-0.2, -0.15) is 0 Å². The van der Waals surface area contributed by atoms with Crippen molar-refractivity contribution in [3.63, 3.8) is 0 Å². The van der Waals surface area contributed by atoms with Crippen LogP contribution in [0, 0.1) is 0 Å². The fourth-order valence-corrected chi connectivity index (χ4v) is 2.22. The van der Waals surface area contributed by atoms with Crippen LogP contribution in [0.15, 0.2) is 40.8 Å². The second kappa shape index (κ2) is 6.43. The number of ether oxygens (including phenoxy) is 1. The van der Waals surface area contributed by atoms with Crippen LogP contribution in [0.5, 0.6) is 5.75 Å². The van der Waals surface area contributed by atoms with Gasteiger partial charge in [0.05, 0.1) is 4.91 Å². The normalized spacial score (nSPS) is 16.2. The zero-order valence-electron chi connectivity index (χ0n) is 11.3. The molecule has 20 heavy (non-hydrogen) atoms. The maximum atomic E-state index is 11.4. The van der Waals surface area contributed by atoms with E-state index in [-0.39, 0.29) is 11.1 Å². The van der Waals surface area contributed by atoms with Crippen molar-refractivity contribution < 1.29 is 14.3 Å². The molecule has 104 valence electrons. The summed E-state index contributed by atoms with van der Waals surface area (Å²) < 4.78 is 5.54. The average molecular weight is 289 g/mol. The number of hydrogen-bond acceptors (Lipinski definition) is 4. The third-order valence-corrected chi connectivity index (χ3v) is 3.37. The molecule has 1 N–H and O–H groups in total. The molecule has 0 aromatic heterocycles. The molecule has 1 saturated heterocycles. The van der Waals surface area contributed by atoms with Gasteiger partial charge in [-0.25, -0.2) is 0 Å². The van der Waals surface area contributed by atoms with Gasteiger partial charge < -0.3 is 4.74 Å². The van der Waals surface area contributed by atoms with Crippen molar-refractivity contribution in [1.29, 1.82) is 0 Å². The van der Waals surface area contributed by atoms with Gasteiger partial charge in [0.1, 0.15) is 12.4 Å². The maximum Gasteiger partial charge on any atom is 0.290 e. The number of nitrogens with one attached hydrogen (secondary N) is 1. The molecule has 5 heteroatoms. The Labute approximate surface area is 121 Å². The summed E-state index contributed by atoms with van der Waals surface area (Å²) in [6.45, 7) is 4.57. The molecule has 4 nitrogen and oxygen atoms in total. The minimum Gasteiger partial charge on any atom is -0.490 e. The maximum absolute atomic E-state index is 11.4. The third-order valence-electron chi connectivity index (χ3n) is 2.56. The summed E-state index contributed by atoms with van der Waals surface area (Å²) in [6.07, 6.45) is 3.69. The highest BCUT2D eigenvalue weighted by Crippen LogP contribution is 2.26. The first-order valence-corrected chi connectivity index (χ1v) is 6.97. The van der Waals surface area contributed by atoms with E-state index in [9.17, 15) is 9.59 Å². The molecule has 1 aliphatic heterocycles. The fourth-order valence-electron chi connectivity index (χ4n) is 1.54. The van der Waals surface area contributed by atoms with Crippen molar-refractivity contribution >= 4 is 29.0 Å². The van der Waals surface area contributed by atoms with Crippen LogP contribution in [0.2, 0.25) is 0 Å². The number of carbonyl (C=O) groups is 2. The predicted octanol–water partition coefficient (Wildman–Crippen LogP) is 3.36. The number of thioether (sulfide) groups is 1. The van der Waals surface area contributed by atoms with Crippen molar-refractivity contribution in [2.45, 2.75) is 13.8 Å². The first-order valence-electron chi connectivity index (χ1n) is 6.15. The summed E-state index contributed by atoms with van der Waals surface area (Å²) in [5.41, 5.74) is 2.06. The highest BCUT2D eigenvalue weighted by atomic mass is 32.2. The molecule has 1 aromatic rings. The van der Waals surface area contributed by atoms with Crippen LogP contribution < -0.4 is 10.1 Å². The topological polar surface area (TPSA) is 55.4 Å². The average Bonchev–Trinajstić information content (AvgIpc) is 2.69. The highest BCUT2D eigenvalue weighted by molar-refractivity contribution is 8.18. The van der Waals surface area contributed by atoms with E-state index in [2.05, 4.69) is 5.32 Å². The van der Waals surface area contributed by atoms with Gasteiger partial charge in [-0.05, 0) is 55.5 Å². The van der Waals surface area contributed by atoms with Crippen molar-refractivity contribution in [2.24, 2.45) is 0 Å². The number of rotatable bonds is 4. The van der Waals surface area contributed by atoms with E-state index in [0.717, 1.165) is 23.1 Å². The quantitative estimate of drug-likeness (QED) is 0.682. The van der Waals surface area contributed by atoms with Gasteiger partial charge in [0.2, 0.25) is 0 Å². The van der Waals surface area contributed by atoms with Crippen molar-refractivity contribution in [3.8, 4) is 5.75 Å². The molecule has 0 bridgehead atoms. The van der Waals surface area contributed by atoms with Gasteiger partial charge in [-0.1, -0.05) is 17.7 Å². The predicted molar refractivity (Wildman–Crippen MR) is 80.5 cm³/mol. The number of benzene rings is 1. The molecule has 0 spiro atoms. The molecule has 1 aromatic carbocycles. The Morgan fingerprint density at radius 3 is 2.50 bits per heavy atom. The van der Waals surface area contributed by atoms with Crippen LogP contribution in [0.3, 0.4) is 0 Å². The van der Waals surface area contributed by atoms with Crippen molar-refractivity contribution in [1.82, 2.24) is 5.32 Å². The summed E-state index contributed by atoms with van der Waals surface area (Å²) in [4.78, 5) is 22.9.